The Bertz CT molecular complexity index is 1510. The minimum Gasteiger partial charge on any atom is -0.465 e. The maximum absolute atomic E-state index is 13.9. The Morgan fingerprint density at radius 3 is 2.49 bits per heavy atom. The second kappa shape index (κ2) is 7.80. The number of methoxy groups -OCH3 is 1. The zero-order valence-electron chi connectivity index (χ0n) is 18.7. The van der Waals surface area contributed by atoms with E-state index in [1.54, 1.807) is 30.3 Å². The molecule has 2 atom stereocenters. The lowest BCUT2D eigenvalue weighted by Crippen LogP contribution is -2.44. The van der Waals surface area contributed by atoms with E-state index in [9.17, 15) is 18.8 Å². The van der Waals surface area contributed by atoms with E-state index in [2.05, 4.69) is 4.98 Å². The lowest BCUT2D eigenvalue weighted by atomic mass is 9.89. The van der Waals surface area contributed by atoms with Crippen LogP contribution >= 0.6 is 0 Å². The topological polar surface area (TPSA) is 82.7 Å². The van der Waals surface area contributed by atoms with E-state index >= 15 is 0 Å². The number of H-pyrrole nitrogens is 1. The first-order valence-electron chi connectivity index (χ1n) is 11.2. The van der Waals surface area contributed by atoms with E-state index in [1.165, 1.54) is 30.2 Å². The van der Waals surface area contributed by atoms with Crippen molar-refractivity contribution >= 4 is 34.5 Å². The zero-order valence-corrected chi connectivity index (χ0v) is 18.7. The molecule has 4 aromatic rings. The van der Waals surface area contributed by atoms with Gasteiger partial charge in [0.2, 0.25) is 0 Å². The molecule has 1 fully saturated rings. The van der Waals surface area contributed by atoms with Crippen LogP contribution in [0.2, 0.25) is 0 Å². The molecule has 3 heterocycles. The Morgan fingerprint density at radius 2 is 1.71 bits per heavy atom. The van der Waals surface area contributed by atoms with Gasteiger partial charge in [-0.05, 0) is 41.5 Å². The number of imide groups is 1. The van der Waals surface area contributed by atoms with E-state index in [1.807, 2.05) is 24.3 Å². The van der Waals surface area contributed by atoms with Gasteiger partial charge in [-0.3, -0.25) is 9.69 Å². The second-order valence-electron chi connectivity index (χ2n) is 8.61. The number of aromatic nitrogens is 1. The van der Waals surface area contributed by atoms with Crippen LogP contribution in [0, 0.1) is 5.82 Å². The Morgan fingerprint density at radius 1 is 1.00 bits per heavy atom. The summed E-state index contributed by atoms with van der Waals surface area (Å²) in [5, 5.41) is 0.975. The predicted molar refractivity (Wildman–Crippen MR) is 127 cm³/mol. The first kappa shape index (κ1) is 21.1. The highest BCUT2D eigenvalue weighted by atomic mass is 19.1. The number of hydrogen-bond donors (Lipinski definition) is 1. The summed E-state index contributed by atoms with van der Waals surface area (Å²) in [4.78, 5) is 46.0. The van der Waals surface area contributed by atoms with E-state index in [-0.39, 0.29) is 11.3 Å². The number of carbonyl (C=O) groups is 3. The summed E-state index contributed by atoms with van der Waals surface area (Å²) in [6.45, 7) is 0. The van der Waals surface area contributed by atoms with E-state index < -0.39 is 35.8 Å². The Balaban J connectivity index is 1.54. The molecule has 35 heavy (non-hydrogen) atoms. The number of rotatable bonds is 3. The molecule has 0 radical (unpaired) electrons. The molecular formula is C27H20FN3O4. The molecule has 0 spiro atoms. The average Bonchev–Trinajstić information content (AvgIpc) is 3.37. The molecule has 0 unspecified atom stereocenters. The normalized spacial score (nSPS) is 19.1. The van der Waals surface area contributed by atoms with Crippen molar-refractivity contribution in [3.05, 3.63) is 101 Å². The summed E-state index contributed by atoms with van der Waals surface area (Å²) in [6, 6.07) is 18.1. The van der Waals surface area contributed by atoms with Crippen molar-refractivity contribution in [2.45, 2.75) is 18.5 Å². The number of carbonyl (C=O) groups excluding carboxylic acids is 3. The van der Waals surface area contributed by atoms with Crippen LogP contribution in [0.4, 0.5) is 14.9 Å². The van der Waals surface area contributed by atoms with Gasteiger partial charge in [-0.15, -0.1) is 0 Å². The lowest BCUT2D eigenvalue weighted by molar-refractivity contribution is -0.120. The summed E-state index contributed by atoms with van der Waals surface area (Å²) in [5.41, 5.74) is 3.61. The minimum absolute atomic E-state index is 0.124. The van der Waals surface area contributed by atoms with Crippen LogP contribution in [-0.4, -0.2) is 40.9 Å². The van der Waals surface area contributed by atoms with Gasteiger partial charge < -0.3 is 9.72 Å². The maximum Gasteiger partial charge on any atom is 0.339 e. The molecule has 0 aliphatic carbocycles. The molecule has 6 rings (SSSR count). The summed E-state index contributed by atoms with van der Waals surface area (Å²) >= 11 is 0. The highest BCUT2D eigenvalue weighted by molar-refractivity contribution is 6.23. The van der Waals surface area contributed by atoms with Gasteiger partial charge in [-0.1, -0.05) is 42.5 Å². The van der Waals surface area contributed by atoms with Crippen molar-refractivity contribution in [3.63, 3.8) is 0 Å². The van der Waals surface area contributed by atoms with Crippen LogP contribution in [0.25, 0.3) is 10.9 Å². The first-order chi connectivity index (χ1) is 17.0. The minimum atomic E-state index is -0.782. The Labute approximate surface area is 199 Å². The quantitative estimate of drug-likeness (QED) is 0.352. The number of ether oxygens (including phenoxy) is 1. The number of fused-ring (bicyclic) bond motifs is 4. The molecule has 3 amide bonds. The second-order valence-corrected chi connectivity index (χ2v) is 8.61. The van der Waals surface area contributed by atoms with Gasteiger partial charge in [0, 0.05) is 23.0 Å². The Kier molecular flexibility index (Phi) is 4.70. The van der Waals surface area contributed by atoms with E-state index in [4.69, 9.17) is 4.74 Å². The SMILES string of the molecule is COC(=O)c1ccccc1N1C(=O)[C@@H]2Cc3c([nH]c4ccccc34)[C@H](c3ccc(F)cc3)N2C1=O. The molecule has 0 saturated carbocycles. The van der Waals surface area contributed by atoms with Crippen LogP contribution in [0.15, 0.2) is 72.8 Å². The van der Waals surface area contributed by atoms with Gasteiger partial charge in [-0.2, -0.15) is 0 Å². The van der Waals surface area contributed by atoms with Crippen LogP contribution < -0.4 is 4.90 Å². The predicted octanol–water partition coefficient (Wildman–Crippen LogP) is 4.58. The monoisotopic (exact) mass is 469 g/mol. The lowest BCUT2D eigenvalue weighted by Gasteiger charge is -2.36. The number of aromatic amines is 1. The van der Waals surface area contributed by atoms with Crippen LogP contribution in [-0.2, 0) is 16.0 Å². The Hall–Kier alpha value is -4.46. The molecule has 0 bridgehead atoms. The highest BCUT2D eigenvalue weighted by Crippen LogP contribution is 2.45. The average molecular weight is 469 g/mol. The number of hydrogen-bond acceptors (Lipinski definition) is 4. The van der Waals surface area contributed by atoms with Gasteiger partial charge in [-0.25, -0.2) is 18.9 Å². The molecule has 1 saturated heterocycles. The molecule has 1 aromatic heterocycles. The standard InChI is InChI=1S/C27H20FN3O4/c1-35-26(33)18-7-3-5-9-21(18)31-25(32)22-14-19-17-6-2-4-8-20(17)29-23(19)24(30(22)27(31)34)15-10-12-16(28)13-11-15/h2-13,22,24,29H,14H2,1H3/t22-,24-/m0/s1. The fraction of sp³-hybridized carbons (Fsp3) is 0.148. The molecule has 8 heteroatoms. The number of amides is 3. The number of para-hydroxylation sites is 2. The van der Waals surface area contributed by atoms with Gasteiger partial charge in [0.05, 0.1) is 18.4 Å². The summed E-state index contributed by atoms with van der Waals surface area (Å²) in [7, 11) is 1.25. The number of benzene rings is 3. The number of nitrogens with one attached hydrogen (secondary N) is 1. The molecule has 3 aromatic carbocycles. The molecule has 7 nitrogen and oxygen atoms in total. The zero-order chi connectivity index (χ0) is 24.3. The number of urea groups is 1. The van der Waals surface area contributed by atoms with Crippen LogP contribution in [0.5, 0.6) is 0 Å². The first-order valence-corrected chi connectivity index (χ1v) is 11.2. The van der Waals surface area contributed by atoms with Crippen molar-refractivity contribution in [3.8, 4) is 0 Å². The smallest absolute Gasteiger partial charge is 0.339 e. The van der Waals surface area contributed by atoms with Crippen molar-refractivity contribution in [1.29, 1.82) is 0 Å². The third kappa shape index (κ3) is 3.06. The fourth-order valence-corrected chi connectivity index (χ4v) is 5.24. The van der Waals surface area contributed by atoms with E-state index in [0.29, 0.717) is 12.0 Å². The number of halogens is 1. The third-order valence-electron chi connectivity index (χ3n) is 6.79. The third-order valence-corrected chi connectivity index (χ3v) is 6.79. The molecule has 1 N–H and O–H groups in total. The van der Waals surface area contributed by atoms with Crippen molar-refractivity contribution < 1.29 is 23.5 Å². The van der Waals surface area contributed by atoms with Gasteiger partial charge >= 0.3 is 12.0 Å². The summed E-state index contributed by atoms with van der Waals surface area (Å²) in [6.07, 6.45) is 0.318. The maximum atomic E-state index is 13.9. The van der Waals surface area contributed by atoms with Crippen LogP contribution in [0.1, 0.15) is 33.2 Å². The van der Waals surface area contributed by atoms with Gasteiger partial charge in [0.25, 0.3) is 5.91 Å². The van der Waals surface area contributed by atoms with Gasteiger partial charge in [0.15, 0.2) is 0 Å². The summed E-state index contributed by atoms with van der Waals surface area (Å²) < 4.78 is 18.6. The summed E-state index contributed by atoms with van der Waals surface area (Å²) in [5.74, 6) is -1.46. The van der Waals surface area contributed by atoms with Crippen molar-refractivity contribution in [2.75, 3.05) is 12.0 Å². The molecule has 2 aliphatic rings. The number of anilines is 1. The molecule has 2 aliphatic heterocycles. The van der Waals surface area contributed by atoms with Crippen molar-refractivity contribution in [1.82, 2.24) is 9.88 Å². The number of esters is 1. The van der Waals surface area contributed by atoms with Crippen LogP contribution in [0.3, 0.4) is 0 Å². The largest absolute Gasteiger partial charge is 0.465 e. The van der Waals surface area contributed by atoms with Crippen molar-refractivity contribution in [2.24, 2.45) is 0 Å². The highest BCUT2D eigenvalue weighted by Gasteiger charge is 2.53. The van der Waals surface area contributed by atoms with Gasteiger partial charge in [0.1, 0.15) is 17.9 Å². The fourth-order valence-electron chi connectivity index (χ4n) is 5.24. The van der Waals surface area contributed by atoms with E-state index in [0.717, 1.165) is 27.1 Å². The molecular weight excluding hydrogens is 449 g/mol. The molecule has 174 valence electrons. The number of nitrogens with zero attached hydrogens (tertiary/aromatic N) is 2.